The number of likely N-dealkylation sites (tertiary alicyclic amines) is 1. The summed E-state index contributed by atoms with van der Waals surface area (Å²) in [5.41, 5.74) is 6.96. The van der Waals surface area contributed by atoms with Gasteiger partial charge < -0.3 is 5.73 Å². The summed E-state index contributed by atoms with van der Waals surface area (Å²) in [6, 6.07) is 5.17. The van der Waals surface area contributed by atoms with Crippen molar-refractivity contribution in [2.24, 2.45) is 11.7 Å². The van der Waals surface area contributed by atoms with Gasteiger partial charge in [0.25, 0.3) is 0 Å². The normalized spacial score (nSPS) is 22.9. The molecule has 2 nitrogen and oxygen atoms in total. The molecule has 1 heterocycles. The Kier molecular flexibility index (Phi) is 4.02. The number of nitrogens with two attached hydrogens (primary N) is 1. The van der Waals surface area contributed by atoms with Crippen LogP contribution in [-0.4, -0.2) is 24.0 Å². The quantitative estimate of drug-likeness (QED) is 0.901. The smallest absolute Gasteiger partial charge is 0.141 e. The Labute approximate surface area is 107 Å². The molecule has 0 bridgehead atoms. The molecule has 94 valence electrons. The minimum atomic E-state index is -0.356. The first-order valence-corrected chi connectivity index (χ1v) is 6.36. The van der Waals surface area contributed by atoms with Crippen molar-refractivity contribution in [3.63, 3.8) is 0 Å². The van der Waals surface area contributed by atoms with Crippen LogP contribution in [0.1, 0.15) is 18.9 Å². The topological polar surface area (TPSA) is 29.3 Å². The van der Waals surface area contributed by atoms with Crippen LogP contribution in [-0.2, 0) is 6.54 Å². The van der Waals surface area contributed by atoms with Crippen molar-refractivity contribution < 1.29 is 4.39 Å². The minimum absolute atomic E-state index is 0.199. The highest BCUT2D eigenvalue weighted by Gasteiger charge is 2.24. The molecule has 0 aliphatic carbocycles. The third-order valence-corrected chi connectivity index (χ3v) is 3.73. The van der Waals surface area contributed by atoms with Gasteiger partial charge in [0.2, 0.25) is 0 Å². The van der Waals surface area contributed by atoms with Crippen LogP contribution >= 0.6 is 11.6 Å². The van der Waals surface area contributed by atoms with E-state index in [0.29, 0.717) is 5.92 Å². The molecule has 4 heteroatoms. The summed E-state index contributed by atoms with van der Waals surface area (Å²) < 4.78 is 13.0. The molecule has 1 aliphatic heterocycles. The van der Waals surface area contributed by atoms with Gasteiger partial charge in [-0.3, -0.25) is 4.90 Å². The third kappa shape index (κ3) is 3.18. The summed E-state index contributed by atoms with van der Waals surface area (Å²) in [4.78, 5) is 2.34. The van der Waals surface area contributed by atoms with Crippen molar-refractivity contribution in [2.75, 3.05) is 13.1 Å². The molecule has 0 saturated carbocycles. The Bertz CT molecular complexity index is 395. The highest BCUT2D eigenvalue weighted by molar-refractivity contribution is 6.30. The molecule has 0 spiro atoms. The Hall–Kier alpha value is -0.640. The number of nitrogens with zero attached hydrogens (tertiary/aromatic N) is 1. The minimum Gasteiger partial charge on any atom is -0.328 e. The maximum absolute atomic E-state index is 13.0. The summed E-state index contributed by atoms with van der Waals surface area (Å²) in [5.74, 6) is 0.219. The molecule has 0 aromatic heterocycles. The van der Waals surface area contributed by atoms with Crippen molar-refractivity contribution in [1.29, 1.82) is 0 Å². The van der Waals surface area contributed by atoms with Gasteiger partial charge in [0.05, 0.1) is 5.02 Å². The lowest BCUT2D eigenvalue weighted by atomic mass is 10.0. The largest absolute Gasteiger partial charge is 0.328 e. The Morgan fingerprint density at radius 1 is 1.59 bits per heavy atom. The number of hydrogen-bond acceptors (Lipinski definition) is 2. The fourth-order valence-electron chi connectivity index (χ4n) is 2.33. The zero-order chi connectivity index (χ0) is 12.4. The van der Waals surface area contributed by atoms with Crippen LogP contribution in [0.4, 0.5) is 4.39 Å². The van der Waals surface area contributed by atoms with E-state index in [1.54, 1.807) is 12.1 Å². The van der Waals surface area contributed by atoms with Crippen molar-refractivity contribution in [2.45, 2.75) is 25.9 Å². The second-order valence-corrected chi connectivity index (χ2v) is 5.30. The second kappa shape index (κ2) is 5.34. The lowest BCUT2D eigenvalue weighted by Crippen LogP contribution is -2.29. The van der Waals surface area contributed by atoms with E-state index < -0.39 is 0 Å². The molecule has 1 saturated heterocycles. The summed E-state index contributed by atoms with van der Waals surface area (Å²) in [7, 11) is 0. The van der Waals surface area contributed by atoms with Crippen LogP contribution in [0.3, 0.4) is 0 Å². The first-order valence-electron chi connectivity index (χ1n) is 5.98. The van der Waals surface area contributed by atoms with Gasteiger partial charge >= 0.3 is 0 Å². The molecule has 1 aromatic carbocycles. The standard InChI is InChI=1S/C13H18ClFN2/c1-9(16)11-4-5-17(8-11)7-10-2-3-13(15)12(14)6-10/h2-3,6,9,11H,4-5,7-8,16H2,1H3. The molecular formula is C13H18ClFN2. The van der Waals surface area contributed by atoms with Gasteiger partial charge in [-0.05, 0) is 43.5 Å². The zero-order valence-electron chi connectivity index (χ0n) is 10.00. The van der Waals surface area contributed by atoms with Gasteiger partial charge in [0.15, 0.2) is 0 Å². The molecule has 2 N–H and O–H groups in total. The number of halogens is 2. The van der Waals surface area contributed by atoms with E-state index in [2.05, 4.69) is 11.8 Å². The lowest BCUT2D eigenvalue weighted by Gasteiger charge is -2.18. The van der Waals surface area contributed by atoms with E-state index in [4.69, 9.17) is 17.3 Å². The van der Waals surface area contributed by atoms with E-state index in [1.165, 1.54) is 6.07 Å². The Morgan fingerprint density at radius 2 is 2.35 bits per heavy atom. The van der Waals surface area contributed by atoms with E-state index in [0.717, 1.165) is 31.6 Å². The van der Waals surface area contributed by atoms with Gasteiger partial charge in [-0.2, -0.15) is 0 Å². The van der Waals surface area contributed by atoms with Crippen molar-refractivity contribution >= 4 is 11.6 Å². The van der Waals surface area contributed by atoms with E-state index >= 15 is 0 Å². The highest BCUT2D eigenvalue weighted by Crippen LogP contribution is 2.22. The van der Waals surface area contributed by atoms with Crippen molar-refractivity contribution in [3.8, 4) is 0 Å². The molecule has 0 radical (unpaired) electrons. The van der Waals surface area contributed by atoms with E-state index in [-0.39, 0.29) is 16.9 Å². The maximum Gasteiger partial charge on any atom is 0.141 e. The van der Waals surface area contributed by atoms with Crippen LogP contribution in [0.25, 0.3) is 0 Å². The molecule has 1 fully saturated rings. The monoisotopic (exact) mass is 256 g/mol. The van der Waals surface area contributed by atoms with E-state index in [9.17, 15) is 4.39 Å². The first kappa shape index (κ1) is 12.8. The summed E-state index contributed by atoms with van der Waals surface area (Å²) in [5, 5.41) is 0.199. The fourth-order valence-corrected chi connectivity index (χ4v) is 2.53. The van der Waals surface area contributed by atoms with Crippen LogP contribution < -0.4 is 5.73 Å². The predicted octanol–water partition coefficient (Wildman–Crippen LogP) is 2.65. The van der Waals surface area contributed by atoms with Crippen LogP contribution in [0.15, 0.2) is 18.2 Å². The van der Waals surface area contributed by atoms with Crippen LogP contribution in [0.5, 0.6) is 0 Å². The van der Waals surface area contributed by atoms with E-state index in [1.807, 2.05) is 0 Å². The summed E-state index contributed by atoms with van der Waals surface area (Å²) in [6.07, 6.45) is 1.15. The predicted molar refractivity (Wildman–Crippen MR) is 68.4 cm³/mol. The SMILES string of the molecule is CC(N)C1CCN(Cc2ccc(F)c(Cl)c2)C1. The van der Waals surface area contributed by atoms with Gasteiger partial charge in [0, 0.05) is 19.1 Å². The van der Waals surface area contributed by atoms with Crippen LogP contribution in [0, 0.1) is 11.7 Å². The number of benzene rings is 1. The molecule has 17 heavy (non-hydrogen) atoms. The van der Waals surface area contributed by atoms with Gasteiger partial charge in [-0.25, -0.2) is 4.39 Å². The number of hydrogen-bond donors (Lipinski definition) is 1. The van der Waals surface area contributed by atoms with Crippen molar-refractivity contribution in [1.82, 2.24) is 4.90 Å². The average Bonchev–Trinajstić information content (AvgIpc) is 2.72. The second-order valence-electron chi connectivity index (χ2n) is 4.89. The Morgan fingerprint density at radius 3 is 2.94 bits per heavy atom. The highest BCUT2D eigenvalue weighted by atomic mass is 35.5. The molecule has 1 aromatic rings. The first-order chi connectivity index (χ1) is 8.06. The summed E-state index contributed by atoms with van der Waals surface area (Å²) >= 11 is 5.76. The molecule has 1 aliphatic rings. The van der Waals surface area contributed by atoms with Gasteiger partial charge in [0.1, 0.15) is 5.82 Å². The Balaban J connectivity index is 1.96. The lowest BCUT2D eigenvalue weighted by molar-refractivity contribution is 0.308. The van der Waals surface area contributed by atoms with Gasteiger partial charge in [-0.1, -0.05) is 17.7 Å². The molecule has 0 amide bonds. The third-order valence-electron chi connectivity index (χ3n) is 3.44. The van der Waals surface area contributed by atoms with Crippen molar-refractivity contribution in [3.05, 3.63) is 34.6 Å². The average molecular weight is 257 g/mol. The van der Waals surface area contributed by atoms with Gasteiger partial charge in [-0.15, -0.1) is 0 Å². The molecular weight excluding hydrogens is 239 g/mol. The molecule has 2 rings (SSSR count). The van der Waals surface area contributed by atoms with Crippen LogP contribution in [0.2, 0.25) is 5.02 Å². The number of rotatable bonds is 3. The summed E-state index contributed by atoms with van der Waals surface area (Å²) in [6.45, 7) is 4.96. The fraction of sp³-hybridized carbons (Fsp3) is 0.538. The molecule has 2 unspecified atom stereocenters. The molecule has 2 atom stereocenters. The zero-order valence-corrected chi connectivity index (χ0v) is 10.8. The maximum atomic E-state index is 13.0.